The van der Waals surface area contributed by atoms with Gasteiger partial charge in [0.2, 0.25) is 0 Å². The molecule has 2 N–H and O–H groups in total. The SMILES string of the molecule is CCc1ccc(C(N)CC2CCC2)cc1CC. The summed E-state index contributed by atoms with van der Waals surface area (Å²) in [5.74, 6) is 0.890. The van der Waals surface area contributed by atoms with E-state index in [4.69, 9.17) is 5.73 Å². The molecular weight excluding hydrogens is 206 g/mol. The maximum absolute atomic E-state index is 6.32. The highest BCUT2D eigenvalue weighted by molar-refractivity contribution is 5.33. The standard InChI is InChI=1S/C16H25N/c1-3-13-8-9-15(11-14(13)4-2)16(17)10-12-6-5-7-12/h8-9,11-12,16H,3-7,10,17H2,1-2H3. The second-order valence-electron chi connectivity index (χ2n) is 5.37. The second-order valence-corrected chi connectivity index (χ2v) is 5.37. The summed E-state index contributed by atoms with van der Waals surface area (Å²) < 4.78 is 0. The Bertz CT molecular complexity index is 366. The van der Waals surface area contributed by atoms with E-state index in [0.29, 0.717) is 0 Å². The van der Waals surface area contributed by atoms with Crippen molar-refractivity contribution in [1.82, 2.24) is 0 Å². The normalized spacial score (nSPS) is 17.8. The summed E-state index contributed by atoms with van der Waals surface area (Å²) in [4.78, 5) is 0. The van der Waals surface area contributed by atoms with E-state index in [0.717, 1.165) is 18.8 Å². The molecule has 94 valence electrons. The first kappa shape index (κ1) is 12.6. The van der Waals surface area contributed by atoms with Gasteiger partial charge < -0.3 is 5.73 Å². The number of hydrogen-bond donors (Lipinski definition) is 1. The summed E-state index contributed by atoms with van der Waals surface area (Å²) in [7, 11) is 0. The molecule has 0 heterocycles. The van der Waals surface area contributed by atoms with Gasteiger partial charge in [0.25, 0.3) is 0 Å². The molecule has 0 spiro atoms. The molecule has 1 unspecified atom stereocenters. The van der Waals surface area contributed by atoms with Crippen molar-refractivity contribution in [3.63, 3.8) is 0 Å². The van der Waals surface area contributed by atoms with Crippen LogP contribution in [-0.2, 0) is 12.8 Å². The fraction of sp³-hybridized carbons (Fsp3) is 0.625. The topological polar surface area (TPSA) is 26.0 Å². The molecule has 1 saturated carbocycles. The van der Waals surface area contributed by atoms with Gasteiger partial charge in [0.15, 0.2) is 0 Å². The lowest BCUT2D eigenvalue weighted by Gasteiger charge is -2.28. The molecule has 17 heavy (non-hydrogen) atoms. The van der Waals surface area contributed by atoms with Crippen molar-refractivity contribution in [3.05, 3.63) is 34.9 Å². The van der Waals surface area contributed by atoms with Crippen LogP contribution < -0.4 is 5.73 Å². The van der Waals surface area contributed by atoms with Gasteiger partial charge in [0.05, 0.1) is 0 Å². The van der Waals surface area contributed by atoms with Gasteiger partial charge in [-0.3, -0.25) is 0 Å². The van der Waals surface area contributed by atoms with Crippen LogP contribution >= 0.6 is 0 Å². The van der Waals surface area contributed by atoms with Crippen LogP contribution in [0.5, 0.6) is 0 Å². The van der Waals surface area contributed by atoms with Crippen LogP contribution in [0.4, 0.5) is 0 Å². The van der Waals surface area contributed by atoms with E-state index in [-0.39, 0.29) is 6.04 Å². The third-order valence-corrected chi connectivity index (χ3v) is 4.23. The average Bonchev–Trinajstić information content (AvgIpc) is 2.32. The van der Waals surface area contributed by atoms with Crippen LogP contribution in [0.3, 0.4) is 0 Å². The van der Waals surface area contributed by atoms with Crippen molar-refractivity contribution in [1.29, 1.82) is 0 Å². The van der Waals surface area contributed by atoms with Gasteiger partial charge in [-0.15, -0.1) is 0 Å². The third-order valence-electron chi connectivity index (χ3n) is 4.23. The van der Waals surface area contributed by atoms with E-state index >= 15 is 0 Å². The number of hydrogen-bond acceptors (Lipinski definition) is 1. The molecule has 0 amide bonds. The maximum Gasteiger partial charge on any atom is 0.0297 e. The predicted molar refractivity (Wildman–Crippen MR) is 74.1 cm³/mol. The van der Waals surface area contributed by atoms with E-state index in [9.17, 15) is 0 Å². The fourth-order valence-corrected chi connectivity index (χ4v) is 2.77. The molecule has 1 aromatic carbocycles. The summed E-state index contributed by atoms with van der Waals surface area (Å²) in [5, 5.41) is 0. The van der Waals surface area contributed by atoms with Crippen molar-refractivity contribution >= 4 is 0 Å². The Labute approximate surface area is 105 Å². The Morgan fingerprint density at radius 1 is 1.18 bits per heavy atom. The van der Waals surface area contributed by atoms with Crippen LogP contribution in [0.2, 0.25) is 0 Å². The summed E-state index contributed by atoms with van der Waals surface area (Å²) in [6.45, 7) is 4.46. The zero-order chi connectivity index (χ0) is 12.3. The quantitative estimate of drug-likeness (QED) is 0.814. The molecule has 1 aromatic rings. The van der Waals surface area contributed by atoms with Gasteiger partial charge in [-0.2, -0.15) is 0 Å². The van der Waals surface area contributed by atoms with Crippen molar-refractivity contribution in [2.24, 2.45) is 11.7 Å². The number of rotatable bonds is 5. The maximum atomic E-state index is 6.32. The highest BCUT2D eigenvalue weighted by Gasteiger charge is 2.21. The Balaban J connectivity index is 2.08. The lowest BCUT2D eigenvalue weighted by atomic mass is 9.79. The molecule has 1 aliphatic carbocycles. The molecule has 1 heteroatoms. The molecule has 2 rings (SSSR count). The molecule has 1 fully saturated rings. The molecule has 1 atom stereocenters. The lowest BCUT2D eigenvalue weighted by Crippen LogP contribution is -2.20. The Morgan fingerprint density at radius 3 is 2.41 bits per heavy atom. The molecule has 0 radical (unpaired) electrons. The van der Waals surface area contributed by atoms with E-state index < -0.39 is 0 Å². The second kappa shape index (κ2) is 5.68. The van der Waals surface area contributed by atoms with Gasteiger partial charge in [-0.05, 0) is 41.9 Å². The number of aryl methyl sites for hydroxylation is 2. The van der Waals surface area contributed by atoms with Crippen molar-refractivity contribution < 1.29 is 0 Å². The number of benzene rings is 1. The zero-order valence-electron chi connectivity index (χ0n) is 11.2. The third kappa shape index (κ3) is 2.90. The van der Waals surface area contributed by atoms with E-state index in [1.807, 2.05) is 0 Å². The summed E-state index contributed by atoms with van der Waals surface area (Å²) in [5.41, 5.74) is 10.6. The van der Waals surface area contributed by atoms with Gasteiger partial charge in [0.1, 0.15) is 0 Å². The van der Waals surface area contributed by atoms with Crippen LogP contribution in [-0.4, -0.2) is 0 Å². The summed E-state index contributed by atoms with van der Waals surface area (Å²) >= 11 is 0. The van der Waals surface area contributed by atoms with E-state index in [1.54, 1.807) is 0 Å². The van der Waals surface area contributed by atoms with Crippen LogP contribution in [0.25, 0.3) is 0 Å². The highest BCUT2D eigenvalue weighted by atomic mass is 14.6. The smallest absolute Gasteiger partial charge is 0.0297 e. The van der Waals surface area contributed by atoms with E-state index in [1.165, 1.54) is 42.4 Å². The van der Waals surface area contributed by atoms with Crippen LogP contribution in [0, 0.1) is 5.92 Å². The van der Waals surface area contributed by atoms with E-state index in [2.05, 4.69) is 32.0 Å². The van der Waals surface area contributed by atoms with Gasteiger partial charge in [-0.1, -0.05) is 51.3 Å². The Morgan fingerprint density at radius 2 is 1.88 bits per heavy atom. The predicted octanol–water partition coefficient (Wildman–Crippen LogP) is 4.00. The summed E-state index contributed by atoms with van der Waals surface area (Å²) in [6.07, 6.45) is 7.61. The summed E-state index contributed by atoms with van der Waals surface area (Å²) in [6, 6.07) is 7.09. The van der Waals surface area contributed by atoms with Crippen molar-refractivity contribution in [2.45, 2.75) is 58.4 Å². The minimum atomic E-state index is 0.247. The first-order chi connectivity index (χ1) is 8.24. The van der Waals surface area contributed by atoms with Crippen molar-refractivity contribution in [2.75, 3.05) is 0 Å². The van der Waals surface area contributed by atoms with Crippen LogP contribution in [0.15, 0.2) is 18.2 Å². The first-order valence-electron chi connectivity index (χ1n) is 7.11. The van der Waals surface area contributed by atoms with Crippen LogP contribution in [0.1, 0.15) is 62.3 Å². The first-order valence-corrected chi connectivity index (χ1v) is 7.11. The Kier molecular flexibility index (Phi) is 4.22. The Hall–Kier alpha value is -0.820. The molecule has 1 nitrogen and oxygen atoms in total. The average molecular weight is 231 g/mol. The molecular formula is C16H25N. The van der Waals surface area contributed by atoms with Crippen molar-refractivity contribution in [3.8, 4) is 0 Å². The molecule has 0 aromatic heterocycles. The van der Waals surface area contributed by atoms with Gasteiger partial charge in [0, 0.05) is 6.04 Å². The monoisotopic (exact) mass is 231 g/mol. The zero-order valence-corrected chi connectivity index (χ0v) is 11.2. The largest absolute Gasteiger partial charge is 0.324 e. The fourth-order valence-electron chi connectivity index (χ4n) is 2.77. The lowest BCUT2D eigenvalue weighted by molar-refractivity contribution is 0.277. The van der Waals surface area contributed by atoms with Gasteiger partial charge >= 0.3 is 0 Å². The molecule has 0 saturated heterocycles. The highest BCUT2D eigenvalue weighted by Crippen LogP contribution is 2.34. The minimum absolute atomic E-state index is 0.247. The van der Waals surface area contributed by atoms with Gasteiger partial charge in [-0.25, -0.2) is 0 Å². The number of nitrogens with two attached hydrogens (primary N) is 1. The minimum Gasteiger partial charge on any atom is -0.324 e. The molecule has 0 aliphatic heterocycles. The molecule has 0 bridgehead atoms. The molecule has 1 aliphatic rings.